The van der Waals surface area contributed by atoms with Crippen molar-refractivity contribution in [1.29, 1.82) is 0 Å². The lowest BCUT2D eigenvalue weighted by Crippen LogP contribution is -2.40. The molecule has 4 heteroatoms. The molecule has 0 saturated carbocycles. The third kappa shape index (κ3) is 5.90. The van der Waals surface area contributed by atoms with Gasteiger partial charge in [-0.05, 0) is 44.5 Å². The SMILES string of the molecule is CCCN(CC(O)COc1ccc(CN)cc1)C(C)C. The van der Waals surface area contributed by atoms with Crippen molar-refractivity contribution in [2.75, 3.05) is 19.7 Å². The fourth-order valence-electron chi connectivity index (χ4n) is 2.09. The summed E-state index contributed by atoms with van der Waals surface area (Å²) in [5, 5.41) is 10.1. The molecule has 0 bridgehead atoms. The van der Waals surface area contributed by atoms with E-state index in [1.165, 1.54) is 0 Å². The van der Waals surface area contributed by atoms with Gasteiger partial charge in [0.2, 0.25) is 0 Å². The summed E-state index contributed by atoms with van der Waals surface area (Å²) < 4.78 is 5.61. The summed E-state index contributed by atoms with van der Waals surface area (Å²) in [6.07, 6.45) is 0.616. The Morgan fingerprint density at radius 3 is 2.40 bits per heavy atom. The van der Waals surface area contributed by atoms with E-state index in [1.807, 2.05) is 24.3 Å². The second-order valence-corrected chi connectivity index (χ2v) is 5.40. The van der Waals surface area contributed by atoms with E-state index in [0.29, 0.717) is 25.7 Å². The van der Waals surface area contributed by atoms with Crippen molar-refractivity contribution >= 4 is 0 Å². The van der Waals surface area contributed by atoms with Crippen LogP contribution in [0.3, 0.4) is 0 Å². The summed E-state index contributed by atoms with van der Waals surface area (Å²) in [7, 11) is 0. The Labute approximate surface area is 122 Å². The minimum absolute atomic E-state index is 0.314. The number of aliphatic hydroxyl groups excluding tert-OH is 1. The van der Waals surface area contributed by atoms with Crippen molar-refractivity contribution in [2.24, 2.45) is 5.73 Å². The van der Waals surface area contributed by atoms with E-state index in [2.05, 4.69) is 25.7 Å². The molecule has 0 aliphatic heterocycles. The summed E-state index contributed by atoms with van der Waals surface area (Å²) in [5.74, 6) is 0.771. The largest absolute Gasteiger partial charge is 0.491 e. The summed E-state index contributed by atoms with van der Waals surface area (Å²) >= 11 is 0. The van der Waals surface area contributed by atoms with Crippen LogP contribution in [-0.2, 0) is 6.54 Å². The van der Waals surface area contributed by atoms with Crippen LogP contribution in [0.2, 0.25) is 0 Å². The minimum atomic E-state index is -0.474. The van der Waals surface area contributed by atoms with Crippen molar-refractivity contribution in [1.82, 2.24) is 4.90 Å². The Kier molecular flexibility index (Phi) is 7.59. The normalized spacial score (nSPS) is 12.9. The first-order chi connectivity index (χ1) is 9.56. The van der Waals surface area contributed by atoms with Crippen LogP contribution in [0.5, 0.6) is 5.75 Å². The Hall–Kier alpha value is -1.10. The molecular weight excluding hydrogens is 252 g/mol. The predicted molar refractivity (Wildman–Crippen MR) is 82.8 cm³/mol. The highest BCUT2D eigenvalue weighted by atomic mass is 16.5. The van der Waals surface area contributed by atoms with Crippen molar-refractivity contribution in [3.63, 3.8) is 0 Å². The molecule has 0 aliphatic carbocycles. The molecule has 114 valence electrons. The van der Waals surface area contributed by atoms with E-state index in [-0.39, 0.29) is 0 Å². The monoisotopic (exact) mass is 280 g/mol. The lowest BCUT2D eigenvalue weighted by Gasteiger charge is -2.28. The van der Waals surface area contributed by atoms with Crippen molar-refractivity contribution in [3.8, 4) is 5.75 Å². The molecule has 1 rings (SSSR count). The van der Waals surface area contributed by atoms with Gasteiger partial charge in [-0.3, -0.25) is 4.90 Å². The maximum Gasteiger partial charge on any atom is 0.119 e. The first-order valence-corrected chi connectivity index (χ1v) is 7.40. The van der Waals surface area contributed by atoms with Gasteiger partial charge in [0.05, 0.1) is 0 Å². The van der Waals surface area contributed by atoms with Gasteiger partial charge in [0.1, 0.15) is 18.5 Å². The van der Waals surface area contributed by atoms with Crippen LogP contribution in [0.15, 0.2) is 24.3 Å². The summed E-state index contributed by atoms with van der Waals surface area (Å²) in [4.78, 5) is 2.27. The fourth-order valence-corrected chi connectivity index (χ4v) is 2.09. The molecule has 0 aromatic heterocycles. The summed E-state index contributed by atoms with van der Waals surface area (Å²) in [6.45, 7) is 8.94. The highest BCUT2D eigenvalue weighted by Crippen LogP contribution is 2.12. The molecule has 0 radical (unpaired) electrons. The van der Waals surface area contributed by atoms with Crippen molar-refractivity contribution in [3.05, 3.63) is 29.8 Å². The topological polar surface area (TPSA) is 58.7 Å². The number of hydrogen-bond acceptors (Lipinski definition) is 4. The predicted octanol–water partition coefficient (Wildman–Crippen LogP) is 2.01. The Morgan fingerprint density at radius 1 is 1.25 bits per heavy atom. The van der Waals surface area contributed by atoms with Gasteiger partial charge in [0.25, 0.3) is 0 Å². The quantitative estimate of drug-likeness (QED) is 0.726. The van der Waals surface area contributed by atoms with E-state index >= 15 is 0 Å². The third-order valence-corrected chi connectivity index (χ3v) is 3.29. The first-order valence-electron chi connectivity index (χ1n) is 7.40. The number of benzene rings is 1. The van der Waals surface area contributed by atoms with Gasteiger partial charge in [0, 0.05) is 19.1 Å². The van der Waals surface area contributed by atoms with Crippen LogP contribution in [0.25, 0.3) is 0 Å². The molecule has 20 heavy (non-hydrogen) atoms. The third-order valence-electron chi connectivity index (χ3n) is 3.29. The standard InChI is InChI=1S/C16H28N2O2/c1-4-9-18(13(2)3)11-15(19)12-20-16-7-5-14(10-17)6-8-16/h5-8,13,15,19H,4,9-12,17H2,1-3H3. The average molecular weight is 280 g/mol. The Morgan fingerprint density at radius 2 is 1.90 bits per heavy atom. The number of aliphatic hydroxyl groups is 1. The van der Waals surface area contributed by atoms with E-state index in [1.54, 1.807) is 0 Å². The molecule has 1 unspecified atom stereocenters. The van der Waals surface area contributed by atoms with E-state index in [9.17, 15) is 5.11 Å². The second-order valence-electron chi connectivity index (χ2n) is 5.40. The number of hydrogen-bond donors (Lipinski definition) is 2. The Bertz CT molecular complexity index is 365. The molecule has 1 aromatic carbocycles. The second kappa shape index (κ2) is 8.95. The molecular formula is C16H28N2O2. The smallest absolute Gasteiger partial charge is 0.119 e. The number of ether oxygens (including phenoxy) is 1. The van der Waals surface area contributed by atoms with Gasteiger partial charge in [-0.15, -0.1) is 0 Å². The molecule has 0 fully saturated rings. The van der Waals surface area contributed by atoms with Gasteiger partial charge < -0.3 is 15.6 Å². The zero-order valence-electron chi connectivity index (χ0n) is 12.9. The zero-order valence-corrected chi connectivity index (χ0v) is 12.9. The number of nitrogens with two attached hydrogens (primary N) is 1. The fraction of sp³-hybridized carbons (Fsp3) is 0.625. The first kappa shape index (κ1) is 17.0. The molecule has 1 aromatic rings. The minimum Gasteiger partial charge on any atom is -0.491 e. The highest BCUT2D eigenvalue weighted by Gasteiger charge is 2.14. The van der Waals surface area contributed by atoms with Crippen molar-refractivity contribution < 1.29 is 9.84 Å². The lowest BCUT2D eigenvalue weighted by molar-refractivity contribution is 0.0575. The molecule has 0 saturated heterocycles. The Balaban J connectivity index is 2.39. The molecule has 0 aliphatic rings. The maximum atomic E-state index is 10.1. The van der Waals surface area contributed by atoms with Crippen LogP contribution in [-0.4, -0.2) is 41.8 Å². The zero-order chi connectivity index (χ0) is 15.0. The van der Waals surface area contributed by atoms with Crippen LogP contribution in [0.1, 0.15) is 32.8 Å². The maximum absolute atomic E-state index is 10.1. The molecule has 0 spiro atoms. The van der Waals surface area contributed by atoms with Gasteiger partial charge in [-0.1, -0.05) is 19.1 Å². The molecule has 1 atom stereocenters. The molecule has 3 N–H and O–H groups in total. The van der Waals surface area contributed by atoms with E-state index in [0.717, 1.165) is 24.3 Å². The van der Waals surface area contributed by atoms with Crippen LogP contribution < -0.4 is 10.5 Å². The van der Waals surface area contributed by atoms with Crippen LogP contribution >= 0.6 is 0 Å². The summed E-state index contributed by atoms with van der Waals surface area (Å²) in [6, 6.07) is 8.11. The molecule has 0 heterocycles. The highest BCUT2D eigenvalue weighted by molar-refractivity contribution is 5.27. The number of nitrogens with zero attached hydrogens (tertiary/aromatic N) is 1. The molecule has 0 amide bonds. The van der Waals surface area contributed by atoms with E-state index < -0.39 is 6.10 Å². The van der Waals surface area contributed by atoms with Gasteiger partial charge in [0.15, 0.2) is 0 Å². The summed E-state index contributed by atoms with van der Waals surface area (Å²) in [5.41, 5.74) is 6.62. The van der Waals surface area contributed by atoms with Crippen LogP contribution in [0, 0.1) is 0 Å². The van der Waals surface area contributed by atoms with Crippen molar-refractivity contribution in [2.45, 2.75) is 45.9 Å². The average Bonchev–Trinajstić information content (AvgIpc) is 2.45. The number of rotatable bonds is 9. The van der Waals surface area contributed by atoms with Gasteiger partial charge in [-0.2, -0.15) is 0 Å². The van der Waals surface area contributed by atoms with E-state index in [4.69, 9.17) is 10.5 Å². The van der Waals surface area contributed by atoms with Gasteiger partial charge >= 0.3 is 0 Å². The molecule has 4 nitrogen and oxygen atoms in total. The van der Waals surface area contributed by atoms with Crippen LogP contribution in [0.4, 0.5) is 0 Å². The van der Waals surface area contributed by atoms with Gasteiger partial charge in [-0.25, -0.2) is 0 Å². The lowest BCUT2D eigenvalue weighted by atomic mass is 10.2.